The van der Waals surface area contributed by atoms with Crippen molar-refractivity contribution in [3.05, 3.63) is 71.3 Å². The van der Waals surface area contributed by atoms with E-state index in [0.717, 1.165) is 11.1 Å². The number of thioether (sulfide) groups is 1. The van der Waals surface area contributed by atoms with Crippen LogP contribution in [0.2, 0.25) is 0 Å². The summed E-state index contributed by atoms with van der Waals surface area (Å²) in [5.41, 5.74) is 8.80. The second-order valence-electron chi connectivity index (χ2n) is 5.65. The molecule has 0 aliphatic heterocycles. The second-order valence-corrected chi connectivity index (χ2v) is 6.45. The largest absolute Gasteiger partial charge is 0.489 e. The zero-order valence-corrected chi connectivity index (χ0v) is 15.5. The zero-order valence-electron chi connectivity index (χ0n) is 14.6. The molecule has 0 aliphatic rings. The highest BCUT2D eigenvalue weighted by Crippen LogP contribution is 2.35. The fourth-order valence-corrected chi connectivity index (χ4v) is 3.23. The maximum Gasteiger partial charge on any atom is 0.143 e. The normalized spacial score (nSPS) is 10.0. The van der Waals surface area contributed by atoms with Gasteiger partial charge in [-0.15, -0.1) is 11.8 Å². The standard InChI is InChI=1S/C21H16N4OS/c1-27-21-18(12-23)19(17(11-22)20(24)25-21)15-7-9-16(10-8-15)26-13-14-5-3-2-4-6-14/h2-10H,13H2,1H3,(H2,24,25). The number of ether oxygens (including phenoxy) is 1. The van der Waals surface area contributed by atoms with E-state index in [1.54, 1.807) is 0 Å². The molecule has 3 rings (SSSR count). The highest BCUT2D eigenvalue weighted by molar-refractivity contribution is 7.98. The van der Waals surface area contributed by atoms with Crippen molar-refractivity contribution in [2.24, 2.45) is 0 Å². The summed E-state index contributed by atoms with van der Waals surface area (Å²) in [5, 5.41) is 19.6. The highest BCUT2D eigenvalue weighted by Gasteiger charge is 2.19. The van der Waals surface area contributed by atoms with Gasteiger partial charge in [-0.3, -0.25) is 0 Å². The van der Waals surface area contributed by atoms with E-state index in [1.807, 2.05) is 60.9 Å². The average molecular weight is 372 g/mol. The van der Waals surface area contributed by atoms with E-state index < -0.39 is 0 Å². The fraction of sp³-hybridized carbons (Fsp3) is 0.0952. The van der Waals surface area contributed by atoms with Crippen LogP contribution in [-0.2, 0) is 6.61 Å². The lowest BCUT2D eigenvalue weighted by atomic mass is 9.97. The van der Waals surface area contributed by atoms with Gasteiger partial charge in [-0.2, -0.15) is 10.5 Å². The van der Waals surface area contributed by atoms with Gasteiger partial charge in [0.05, 0.1) is 5.56 Å². The SMILES string of the molecule is CSc1nc(N)c(C#N)c(-c2ccc(OCc3ccccc3)cc2)c1C#N. The predicted molar refractivity (Wildman–Crippen MR) is 106 cm³/mol. The first-order chi connectivity index (χ1) is 13.2. The first kappa shape index (κ1) is 18.3. The van der Waals surface area contributed by atoms with Gasteiger partial charge in [0.25, 0.3) is 0 Å². The third-order valence-corrected chi connectivity index (χ3v) is 4.68. The minimum absolute atomic E-state index is 0.125. The quantitative estimate of drug-likeness (QED) is 0.668. The molecule has 2 N–H and O–H groups in total. The molecule has 0 radical (unpaired) electrons. The Bertz CT molecular complexity index is 1040. The minimum atomic E-state index is 0.125. The van der Waals surface area contributed by atoms with Crippen LogP contribution in [0.5, 0.6) is 5.75 Å². The Morgan fingerprint density at radius 3 is 2.26 bits per heavy atom. The number of nitrogens with zero attached hydrogens (tertiary/aromatic N) is 3. The van der Waals surface area contributed by atoms with Gasteiger partial charge in [-0.1, -0.05) is 42.5 Å². The van der Waals surface area contributed by atoms with Crippen LogP contribution in [0.3, 0.4) is 0 Å². The molecule has 0 spiro atoms. The van der Waals surface area contributed by atoms with Gasteiger partial charge in [0.2, 0.25) is 0 Å². The molecule has 0 saturated carbocycles. The van der Waals surface area contributed by atoms with Crippen molar-refractivity contribution >= 4 is 17.6 Å². The molecule has 3 aromatic rings. The van der Waals surface area contributed by atoms with E-state index in [4.69, 9.17) is 10.5 Å². The van der Waals surface area contributed by atoms with Crippen molar-refractivity contribution in [3.8, 4) is 29.0 Å². The topological polar surface area (TPSA) is 95.7 Å². The molecule has 0 fully saturated rings. The number of hydrogen-bond donors (Lipinski definition) is 1. The molecule has 0 unspecified atom stereocenters. The van der Waals surface area contributed by atoms with Crippen LogP contribution in [0.4, 0.5) is 5.82 Å². The number of anilines is 1. The average Bonchev–Trinajstić information content (AvgIpc) is 2.72. The van der Waals surface area contributed by atoms with Crippen molar-refractivity contribution in [1.82, 2.24) is 4.98 Å². The summed E-state index contributed by atoms with van der Waals surface area (Å²) in [6.45, 7) is 0.464. The molecular weight excluding hydrogens is 356 g/mol. The van der Waals surface area contributed by atoms with Gasteiger partial charge in [0.15, 0.2) is 0 Å². The Morgan fingerprint density at radius 1 is 1.00 bits per heavy atom. The summed E-state index contributed by atoms with van der Waals surface area (Å²) < 4.78 is 5.79. The number of pyridine rings is 1. The summed E-state index contributed by atoms with van der Waals surface area (Å²) >= 11 is 1.32. The number of benzene rings is 2. The molecule has 0 amide bonds. The van der Waals surface area contributed by atoms with Crippen LogP contribution < -0.4 is 10.5 Å². The van der Waals surface area contributed by atoms with Crippen LogP contribution in [0.15, 0.2) is 59.6 Å². The van der Waals surface area contributed by atoms with Crippen molar-refractivity contribution < 1.29 is 4.74 Å². The lowest BCUT2D eigenvalue weighted by molar-refractivity contribution is 0.306. The maximum atomic E-state index is 9.59. The molecule has 0 saturated heterocycles. The lowest BCUT2D eigenvalue weighted by Crippen LogP contribution is -2.03. The number of nitrogen functional groups attached to an aromatic ring is 1. The smallest absolute Gasteiger partial charge is 0.143 e. The first-order valence-corrected chi connectivity index (χ1v) is 9.35. The van der Waals surface area contributed by atoms with Crippen LogP contribution in [0.1, 0.15) is 16.7 Å². The van der Waals surface area contributed by atoms with E-state index in [1.165, 1.54) is 11.8 Å². The predicted octanol–water partition coefficient (Wildman–Crippen LogP) is 4.38. The van der Waals surface area contributed by atoms with Gasteiger partial charge >= 0.3 is 0 Å². The van der Waals surface area contributed by atoms with Gasteiger partial charge in [-0.05, 0) is 29.5 Å². The highest BCUT2D eigenvalue weighted by atomic mass is 32.2. The molecule has 1 aromatic heterocycles. The Labute approximate surface area is 162 Å². The van der Waals surface area contributed by atoms with Crippen LogP contribution in [0, 0.1) is 22.7 Å². The third-order valence-electron chi connectivity index (χ3n) is 4.00. The summed E-state index contributed by atoms with van der Waals surface area (Å²) in [6.07, 6.45) is 1.82. The summed E-state index contributed by atoms with van der Waals surface area (Å²) in [6, 6.07) is 21.4. The van der Waals surface area contributed by atoms with Crippen LogP contribution in [-0.4, -0.2) is 11.2 Å². The van der Waals surface area contributed by atoms with E-state index >= 15 is 0 Å². The van der Waals surface area contributed by atoms with Gasteiger partial charge in [-0.25, -0.2) is 4.98 Å². The van der Waals surface area contributed by atoms with Crippen molar-refractivity contribution in [3.63, 3.8) is 0 Å². The first-order valence-electron chi connectivity index (χ1n) is 8.12. The molecule has 0 aliphatic carbocycles. The van der Waals surface area contributed by atoms with E-state index in [9.17, 15) is 10.5 Å². The molecule has 1 heterocycles. The summed E-state index contributed by atoms with van der Waals surface area (Å²) in [4.78, 5) is 4.17. The van der Waals surface area contributed by atoms with Crippen LogP contribution in [0.25, 0.3) is 11.1 Å². The van der Waals surface area contributed by atoms with E-state index in [2.05, 4.69) is 17.1 Å². The van der Waals surface area contributed by atoms with E-state index in [-0.39, 0.29) is 11.4 Å². The Hall–Kier alpha value is -3.48. The minimum Gasteiger partial charge on any atom is -0.489 e. The number of rotatable bonds is 5. The number of nitrogens with two attached hydrogens (primary N) is 1. The van der Waals surface area contributed by atoms with Crippen molar-refractivity contribution in [2.45, 2.75) is 11.6 Å². The Morgan fingerprint density at radius 2 is 1.67 bits per heavy atom. The molecule has 2 aromatic carbocycles. The maximum absolute atomic E-state index is 9.59. The van der Waals surface area contributed by atoms with Crippen molar-refractivity contribution in [2.75, 3.05) is 12.0 Å². The number of nitriles is 2. The molecule has 132 valence electrons. The molecule has 6 heteroatoms. The fourth-order valence-electron chi connectivity index (χ4n) is 2.69. The number of hydrogen-bond acceptors (Lipinski definition) is 6. The molecule has 0 bridgehead atoms. The molecule has 0 atom stereocenters. The monoisotopic (exact) mass is 372 g/mol. The van der Waals surface area contributed by atoms with Gasteiger partial charge in [0, 0.05) is 5.56 Å². The van der Waals surface area contributed by atoms with E-state index in [0.29, 0.717) is 28.5 Å². The summed E-state index contributed by atoms with van der Waals surface area (Å²) in [7, 11) is 0. The van der Waals surface area contributed by atoms with Crippen molar-refractivity contribution in [1.29, 1.82) is 10.5 Å². The molecular formula is C21H16N4OS. The Balaban J connectivity index is 1.94. The number of aromatic nitrogens is 1. The third kappa shape index (κ3) is 3.87. The van der Waals surface area contributed by atoms with Crippen LogP contribution >= 0.6 is 11.8 Å². The Kier molecular flexibility index (Phi) is 5.61. The molecule has 5 nitrogen and oxygen atoms in total. The van der Waals surface area contributed by atoms with Gasteiger partial charge < -0.3 is 10.5 Å². The second kappa shape index (κ2) is 8.27. The van der Waals surface area contributed by atoms with Gasteiger partial charge in [0.1, 0.15) is 40.9 Å². The zero-order chi connectivity index (χ0) is 19.2. The molecule has 27 heavy (non-hydrogen) atoms. The summed E-state index contributed by atoms with van der Waals surface area (Å²) in [5.74, 6) is 0.826. The lowest BCUT2D eigenvalue weighted by Gasteiger charge is -2.13.